The van der Waals surface area contributed by atoms with Crippen molar-refractivity contribution in [2.24, 2.45) is 0 Å². The van der Waals surface area contributed by atoms with Gasteiger partial charge in [0.1, 0.15) is 0 Å². The van der Waals surface area contributed by atoms with Crippen LogP contribution in [0.3, 0.4) is 0 Å². The Kier molecular flexibility index (Phi) is 5.19. The van der Waals surface area contributed by atoms with Crippen LogP contribution in [0.4, 0.5) is 0 Å². The molecule has 0 saturated carbocycles. The number of hydrogen-bond donors (Lipinski definition) is 2. The molecule has 4 heteroatoms. The van der Waals surface area contributed by atoms with Gasteiger partial charge in [-0.15, -0.1) is 0 Å². The smallest absolute Gasteiger partial charge is 0.220 e. The van der Waals surface area contributed by atoms with Crippen LogP contribution >= 0.6 is 0 Å². The summed E-state index contributed by atoms with van der Waals surface area (Å²) < 4.78 is 0. The number of benzene rings is 1. The Morgan fingerprint density at radius 1 is 1.30 bits per heavy atom. The highest BCUT2D eigenvalue weighted by atomic mass is 16.1. The Morgan fingerprint density at radius 2 is 2.15 bits per heavy atom. The third-order valence-electron chi connectivity index (χ3n) is 3.31. The van der Waals surface area contributed by atoms with Crippen LogP contribution in [0.1, 0.15) is 31.2 Å². The number of rotatable bonds is 7. The third-order valence-corrected chi connectivity index (χ3v) is 3.31. The third kappa shape index (κ3) is 3.86. The van der Waals surface area contributed by atoms with Crippen molar-refractivity contribution in [1.29, 1.82) is 5.26 Å². The highest BCUT2D eigenvalue weighted by Crippen LogP contribution is 2.19. The van der Waals surface area contributed by atoms with E-state index < -0.39 is 0 Å². The maximum atomic E-state index is 11.6. The predicted molar refractivity (Wildman–Crippen MR) is 79.1 cm³/mol. The molecule has 1 aromatic heterocycles. The molecule has 0 radical (unpaired) electrons. The van der Waals surface area contributed by atoms with E-state index in [0.717, 1.165) is 24.8 Å². The number of carbonyl (C=O) groups is 1. The number of unbranched alkanes of at least 4 members (excludes halogenated alkanes) is 1. The second-order valence-electron chi connectivity index (χ2n) is 4.82. The lowest BCUT2D eigenvalue weighted by Gasteiger charge is -2.03. The van der Waals surface area contributed by atoms with E-state index in [1.165, 1.54) is 10.9 Å². The first-order chi connectivity index (χ1) is 9.81. The van der Waals surface area contributed by atoms with E-state index in [9.17, 15) is 4.79 Å². The lowest BCUT2D eigenvalue weighted by atomic mass is 10.1. The van der Waals surface area contributed by atoms with Gasteiger partial charge in [-0.3, -0.25) is 4.79 Å². The van der Waals surface area contributed by atoms with Crippen LogP contribution in [0.5, 0.6) is 0 Å². The minimum Gasteiger partial charge on any atom is -0.361 e. The molecule has 1 heterocycles. The topological polar surface area (TPSA) is 68.7 Å². The molecular weight excluding hydrogens is 250 g/mol. The summed E-state index contributed by atoms with van der Waals surface area (Å²) in [5.41, 5.74) is 2.40. The number of nitrogens with zero attached hydrogens (tertiary/aromatic N) is 1. The SMILES string of the molecule is N#CCCCNC(=O)CCCc1c[nH]c2ccccc12. The molecule has 0 bridgehead atoms. The number of hydrogen-bond acceptors (Lipinski definition) is 2. The molecule has 0 atom stereocenters. The van der Waals surface area contributed by atoms with Crippen LogP contribution in [0, 0.1) is 11.3 Å². The number of amides is 1. The molecule has 2 rings (SSSR count). The second-order valence-corrected chi connectivity index (χ2v) is 4.82. The van der Waals surface area contributed by atoms with E-state index in [0.29, 0.717) is 19.4 Å². The van der Waals surface area contributed by atoms with Gasteiger partial charge >= 0.3 is 0 Å². The molecule has 0 spiro atoms. The molecule has 0 aliphatic carbocycles. The Labute approximate surface area is 118 Å². The van der Waals surface area contributed by atoms with E-state index in [1.54, 1.807) is 0 Å². The highest BCUT2D eigenvalue weighted by Gasteiger charge is 2.05. The van der Waals surface area contributed by atoms with E-state index in [-0.39, 0.29) is 5.91 Å². The van der Waals surface area contributed by atoms with Gasteiger partial charge < -0.3 is 10.3 Å². The molecule has 2 aromatic rings. The largest absolute Gasteiger partial charge is 0.361 e. The number of aryl methyl sites for hydroxylation is 1. The Hall–Kier alpha value is -2.28. The van der Waals surface area contributed by atoms with Gasteiger partial charge in [-0.2, -0.15) is 5.26 Å². The predicted octanol–water partition coefficient (Wildman–Crippen LogP) is 2.91. The number of nitrogens with one attached hydrogen (secondary N) is 2. The Bertz CT molecular complexity index is 609. The average molecular weight is 269 g/mol. The van der Waals surface area contributed by atoms with E-state index in [1.807, 2.05) is 18.3 Å². The number of aromatic nitrogens is 1. The second kappa shape index (κ2) is 7.34. The molecule has 104 valence electrons. The molecule has 1 aromatic carbocycles. The van der Waals surface area contributed by atoms with Crippen LogP contribution < -0.4 is 5.32 Å². The number of H-pyrrole nitrogens is 1. The maximum absolute atomic E-state index is 11.6. The Balaban J connectivity index is 1.73. The standard InChI is InChI=1S/C16H19N3O/c17-10-3-4-11-18-16(20)9-5-6-13-12-19-15-8-2-1-7-14(13)15/h1-2,7-8,12,19H,3-6,9,11H2,(H,18,20). The van der Waals surface area contributed by atoms with Crippen LogP contribution in [-0.2, 0) is 11.2 Å². The first-order valence-corrected chi connectivity index (χ1v) is 7.00. The molecule has 0 saturated heterocycles. The monoisotopic (exact) mass is 269 g/mol. The number of aromatic amines is 1. The van der Waals surface area contributed by atoms with Gasteiger partial charge in [-0.05, 0) is 30.9 Å². The van der Waals surface area contributed by atoms with Crippen LogP contribution in [0.2, 0.25) is 0 Å². The molecule has 0 aliphatic rings. The van der Waals surface area contributed by atoms with Crippen molar-refractivity contribution in [3.63, 3.8) is 0 Å². The van der Waals surface area contributed by atoms with Gasteiger partial charge in [0.05, 0.1) is 6.07 Å². The summed E-state index contributed by atoms with van der Waals surface area (Å²) in [6, 6.07) is 10.3. The zero-order chi connectivity index (χ0) is 14.2. The van der Waals surface area contributed by atoms with E-state index in [4.69, 9.17) is 5.26 Å². The number of carbonyl (C=O) groups excluding carboxylic acids is 1. The van der Waals surface area contributed by atoms with Gasteiger partial charge in [0, 0.05) is 36.5 Å². The zero-order valence-corrected chi connectivity index (χ0v) is 11.5. The molecule has 0 fully saturated rings. The quantitative estimate of drug-likeness (QED) is 0.759. The van der Waals surface area contributed by atoms with Crippen molar-refractivity contribution in [2.45, 2.75) is 32.1 Å². The van der Waals surface area contributed by atoms with Gasteiger partial charge in [-0.1, -0.05) is 18.2 Å². The number of fused-ring (bicyclic) bond motifs is 1. The summed E-state index contributed by atoms with van der Waals surface area (Å²) in [5.74, 6) is 0.0720. The summed E-state index contributed by atoms with van der Waals surface area (Å²) in [7, 11) is 0. The van der Waals surface area contributed by atoms with Gasteiger partial charge in [0.25, 0.3) is 0 Å². The van der Waals surface area contributed by atoms with Gasteiger partial charge in [0.2, 0.25) is 5.91 Å². The van der Waals surface area contributed by atoms with Crippen molar-refractivity contribution in [3.8, 4) is 6.07 Å². The minimum absolute atomic E-state index is 0.0720. The van der Waals surface area contributed by atoms with Crippen molar-refractivity contribution in [1.82, 2.24) is 10.3 Å². The molecule has 2 N–H and O–H groups in total. The first kappa shape index (κ1) is 14.1. The number of nitriles is 1. The van der Waals surface area contributed by atoms with Crippen molar-refractivity contribution in [3.05, 3.63) is 36.0 Å². The fourth-order valence-corrected chi connectivity index (χ4v) is 2.26. The summed E-state index contributed by atoms with van der Waals surface area (Å²) in [6.45, 7) is 0.597. The average Bonchev–Trinajstić information content (AvgIpc) is 2.87. The minimum atomic E-state index is 0.0720. The van der Waals surface area contributed by atoms with Crippen LogP contribution in [-0.4, -0.2) is 17.4 Å². The molecule has 20 heavy (non-hydrogen) atoms. The molecule has 1 amide bonds. The normalized spacial score (nSPS) is 10.3. The fourth-order valence-electron chi connectivity index (χ4n) is 2.26. The number of para-hydroxylation sites is 1. The maximum Gasteiger partial charge on any atom is 0.220 e. The van der Waals surface area contributed by atoms with Crippen LogP contribution in [0.25, 0.3) is 10.9 Å². The molecule has 0 unspecified atom stereocenters. The molecule has 4 nitrogen and oxygen atoms in total. The van der Waals surface area contributed by atoms with Gasteiger partial charge in [-0.25, -0.2) is 0 Å². The van der Waals surface area contributed by atoms with Gasteiger partial charge in [0.15, 0.2) is 0 Å². The molecule has 0 aliphatic heterocycles. The van der Waals surface area contributed by atoms with E-state index >= 15 is 0 Å². The molecular formula is C16H19N3O. The fraction of sp³-hybridized carbons (Fsp3) is 0.375. The summed E-state index contributed by atoms with van der Waals surface area (Å²) >= 11 is 0. The van der Waals surface area contributed by atoms with Crippen LogP contribution in [0.15, 0.2) is 30.5 Å². The first-order valence-electron chi connectivity index (χ1n) is 7.00. The highest BCUT2D eigenvalue weighted by molar-refractivity contribution is 5.83. The summed E-state index contributed by atoms with van der Waals surface area (Å²) in [5, 5.41) is 12.5. The summed E-state index contributed by atoms with van der Waals surface area (Å²) in [6.07, 6.45) is 5.52. The van der Waals surface area contributed by atoms with Crippen molar-refractivity contribution in [2.75, 3.05) is 6.54 Å². The zero-order valence-electron chi connectivity index (χ0n) is 11.5. The lowest BCUT2D eigenvalue weighted by molar-refractivity contribution is -0.121. The van der Waals surface area contributed by atoms with Crippen molar-refractivity contribution < 1.29 is 4.79 Å². The lowest BCUT2D eigenvalue weighted by Crippen LogP contribution is -2.24. The Morgan fingerprint density at radius 3 is 3.00 bits per heavy atom. The van der Waals surface area contributed by atoms with Crippen molar-refractivity contribution >= 4 is 16.8 Å². The summed E-state index contributed by atoms with van der Waals surface area (Å²) in [4.78, 5) is 14.8. The van der Waals surface area contributed by atoms with E-state index in [2.05, 4.69) is 28.5 Å².